The van der Waals surface area contributed by atoms with Gasteiger partial charge in [0.2, 0.25) is 5.91 Å². The van der Waals surface area contributed by atoms with Gasteiger partial charge in [-0.25, -0.2) is 4.39 Å². The quantitative estimate of drug-likeness (QED) is 0.834. The molecular weight excluding hydrogens is 347 g/mol. The van der Waals surface area contributed by atoms with E-state index in [0.717, 1.165) is 6.42 Å². The highest BCUT2D eigenvalue weighted by Crippen LogP contribution is 2.41. The monoisotopic (exact) mass is 368 g/mol. The molecule has 1 spiro atoms. The van der Waals surface area contributed by atoms with Crippen molar-refractivity contribution in [2.75, 3.05) is 31.1 Å². The summed E-state index contributed by atoms with van der Waals surface area (Å²) in [6, 6.07) is 15.2. The average molecular weight is 368 g/mol. The van der Waals surface area contributed by atoms with E-state index in [9.17, 15) is 14.0 Å². The van der Waals surface area contributed by atoms with Gasteiger partial charge in [-0.2, -0.15) is 0 Å². The lowest BCUT2D eigenvalue weighted by Crippen LogP contribution is -2.36. The fourth-order valence-electron chi connectivity index (χ4n) is 3.93. The van der Waals surface area contributed by atoms with Gasteiger partial charge in [0, 0.05) is 37.2 Å². The number of rotatable bonds is 4. The maximum absolute atomic E-state index is 13.1. The third-order valence-corrected chi connectivity index (χ3v) is 5.36. The third-order valence-electron chi connectivity index (χ3n) is 5.36. The Hall–Kier alpha value is -2.89. The molecule has 1 atom stereocenters. The fraction of sp³-hybridized carbons (Fsp3) is 0.333. The molecule has 5 nitrogen and oxygen atoms in total. The smallest absolute Gasteiger partial charge is 0.260 e. The summed E-state index contributed by atoms with van der Waals surface area (Å²) in [5.74, 6) is 0.300. The Morgan fingerprint density at radius 3 is 2.56 bits per heavy atom. The van der Waals surface area contributed by atoms with Crippen LogP contribution in [-0.2, 0) is 9.59 Å². The molecule has 140 valence electrons. The lowest BCUT2D eigenvalue weighted by molar-refractivity contribution is -0.132. The van der Waals surface area contributed by atoms with E-state index in [0.29, 0.717) is 37.5 Å². The Balaban J connectivity index is 1.37. The van der Waals surface area contributed by atoms with Crippen LogP contribution in [0.2, 0.25) is 0 Å². The van der Waals surface area contributed by atoms with Crippen molar-refractivity contribution in [2.45, 2.75) is 12.8 Å². The summed E-state index contributed by atoms with van der Waals surface area (Å²) in [4.78, 5) is 28.5. The van der Waals surface area contributed by atoms with Crippen LogP contribution in [0.4, 0.5) is 10.1 Å². The zero-order valence-corrected chi connectivity index (χ0v) is 14.9. The van der Waals surface area contributed by atoms with Crippen molar-refractivity contribution < 1.29 is 18.7 Å². The lowest BCUT2D eigenvalue weighted by atomic mass is 9.86. The number of benzene rings is 2. The number of hydrogen-bond donors (Lipinski definition) is 0. The van der Waals surface area contributed by atoms with Crippen molar-refractivity contribution >= 4 is 17.5 Å². The molecule has 4 rings (SSSR count). The highest BCUT2D eigenvalue weighted by molar-refractivity contribution is 5.96. The van der Waals surface area contributed by atoms with Gasteiger partial charge in [-0.1, -0.05) is 18.2 Å². The van der Waals surface area contributed by atoms with Crippen LogP contribution in [0.1, 0.15) is 12.8 Å². The molecule has 2 saturated heterocycles. The van der Waals surface area contributed by atoms with Gasteiger partial charge in [-0.05, 0) is 42.8 Å². The molecule has 0 bridgehead atoms. The van der Waals surface area contributed by atoms with E-state index in [2.05, 4.69) is 0 Å². The maximum atomic E-state index is 13.1. The number of carbonyl (C=O) groups is 2. The number of hydrogen-bond acceptors (Lipinski definition) is 3. The second-order valence-corrected chi connectivity index (χ2v) is 7.30. The zero-order valence-electron chi connectivity index (χ0n) is 14.9. The minimum atomic E-state index is -0.323. The van der Waals surface area contributed by atoms with Gasteiger partial charge in [0.25, 0.3) is 5.91 Å². The number of amides is 2. The lowest BCUT2D eigenvalue weighted by Gasteiger charge is -2.24. The van der Waals surface area contributed by atoms with E-state index in [4.69, 9.17) is 4.74 Å². The van der Waals surface area contributed by atoms with E-state index < -0.39 is 0 Å². The van der Waals surface area contributed by atoms with Crippen molar-refractivity contribution in [3.05, 3.63) is 60.4 Å². The van der Waals surface area contributed by atoms with E-state index in [1.807, 2.05) is 30.3 Å². The number of para-hydroxylation sites is 1. The predicted octanol–water partition coefficient (Wildman–Crippen LogP) is 2.86. The second-order valence-electron chi connectivity index (χ2n) is 7.30. The Kier molecular flexibility index (Phi) is 4.56. The molecular formula is C21H21FN2O3. The molecule has 0 saturated carbocycles. The van der Waals surface area contributed by atoms with Crippen LogP contribution in [0.5, 0.6) is 5.75 Å². The number of nitrogens with zero attached hydrogens (tertiary/aromatic N) is 2. The van der Waals surface area contributed by atoms with Gasteiger partial charge < -0.3 is 14.5 Å². The predicted molar refractivity (Wildman–Crippen MR) is 98.9 cm³/mol. The Labute approximate surface area is 157 Å². The van der Waals surface area contributed by atoms with E-state index in [1.54, 1.807) is 21.9 Å². The summed E-state index contributed by atoms with van der Waals surface area (Å²) in [6.07, 6.45) is 1.20. The number of halogens is 1. The van der Waals surface area contributed by atoms with Crippen LogP contribution in [-0.4, -0.2) is 43.0 Å². The number of carbonyl (C=O) groups excluding carboxylic acids is 2. The summed E-state index contributed by atoms with van der Waals surface area (Å²) in [7, 11) is 0. The third kappa shape index (κ3) is 3.65. The Morgan fingerprint density at radius 2 is 1.81 bits per heavy atom. The highest BCUT2D eigenvalue weighted by Gasteiger charge is 2.48. The Morgan fingerprint density at radius 1 is 1.07 bits per heavy atom. The molecule has 6 heteroatoms. The normalized spacial score (nSPS) is 21.9. The molecule has 2 aliphatic heterocycles. The minimum absolute atomic E-state index is 0.00425. The highest BCUT2D eigenvalue weighted by atomic mass is 19.1. The minimum Gasteiger partial charge on any atom is -0.484 e. The first-order chi connectivity index (χ1) is 13.0. The molecule has 2 aliphatic rings. The summed E-state index contributed by atoms with van der Waals surface area (Å²) < 4.78 is 18.7. The SMILES string of the molecule is O=C(COc1ccccc1)N1CC[C@]2(CC(=O)N(c3ccc(F)cc3)C2)C1. The number of anilines is 1. The molecule has 0 radical (unpaired) electrons. The maximum Gasteiger partial charge on any atom is 0.260 e. The number of likely N-dealkylation sites (tertiary alicyclic amines) is 1. The van der Waals surface area contributed by atoms with Crippen LogP contribution < -0.4 is 9.64 Å². The van der Waals surface area contributed by atoms with Gasteiger partial charge in [-0.15, -0.1) is 0 Å². The topological polar surface area (TPSA) is 49.9 Å². The molecule has 2 aromatic carbocycles. The Bertz CT molecular complexity index is 840. The summed E-state index contributed by atoms with van der Waals surface area (Å²) in [6.45, 7) is 1.73. The first-order valence-electron chi connectivity index (χ1n) is 9.06. The molecule has 0 aromatic heterocycles. The summed E-state index contributed by atoms with van der Waals surface area (Å²) in [5, 5.41) is 0. The van der Waals surface area contributed by atoms with Gasteiger partial charge in [0.1, 0.15) is 11.6 Å². The summed E-state index contributed by atoms with van der Waals surface area (Å²) in [5.41, 5.74) is 0.476. The van der Waals surface area contributed by atoms with Gasteiger partial charge in [0.05, 0.1) is 0 Å². The van der Waals surface area contributed by atoms with Gasteiger partial charge in [0.15, 0.2) is 6.61 Å². The molecule has 0 N–H and O–H groups in total. The number of ether oxygens (including phenoxy) is 1. The first-order valence-corrected chi connectivity index (χ1v) is 9.06. The molecule has 0 aliphatic carbocycles. The summed E-state index contributed by atoms with van der Waals surface area (Å²) >= 11 is 0. The van der Waals surface area contributed by atoms with E-state index in [-0.39, 0.29) is 29.7 Å². The van der Waals surface area contributed by atoms with E-state index >= 15 is 0 Å². The first kappa shape index (κ1) is 17.5. The largest absolute Gasteiger partial charge is 0.484 e. The molecule has 2 heterocycles. The van der Waals surface area contributed by atoms with Gasteiger partial charge >= 0.3 is 0 Å². The van der Waals surface area contributed by atoms with Crippen molar-refractivity contribution in [2.24, 2.45) is 5.41 Å². The van der Waals surface area contributed by atoms with Crippen molar-refractivity contribution in [3.8, 4) is 5.75 Å². The second kappa shape index (κ2) is 7.02. The van der Waals surface area contributed by atoms with Crippen molar-refractivity contribution in [1.29, 1.82) is 0 Å². The van der Waals surface area contributed by atoms with Crippen LogP contribution in [0, 0.1) is 11.2 Å². The van der Waals surface area contributed by atoms with Crippen molar-refractivity contribution in [1.82, 2.24) is 4.90 Å². The van der Waals surface area contributed by atoms with Gasteiger partial charge in [-0.3, -0.25) is 9.59 Å². The molecule has 2 fully saturated rings. The van der Waals surface area contributed by atoms with Crippen LogP contribution in [0.25, 0.3) is 0 Å². The standard InChI is InChI=1S/C21H21FN2O3/c22-16-6-8-17(9-7-16)24-15-21(12-19(24)25)10-11-23(14-21)20(26)13-27-18-4-2-1-3-5-18/h1-9H,10-15H2/t21-/m0/s1. The van der Waals surface area contributed by atoms with Crippen LogP contribution in [0.3, 0.4) is 0 Å². The molecule has 27 heavy (non-hydrogen) atoms. The molecule has 2 aromatic rings. The fourth-order valence-corrected chi connectivity index (χ4v) is 3.93. The van der Waals surface area contributed by atoms with Crippen LogP contribution in [0.15, 0.2) is 54.6 Å². The van der Waals surface area contributed by atoms with Crippen molar-refractivity contribution in [3.63, 3.8) is 0 Å². The average Bonchev–Trinajstić information content (AvgIpc) is 3.24. The molecule has 0 unspecified atom stereocenters. The molecule has 2 amide bonds. The van der Waals surface area contributed by atoms with E-state index in [1.165, 1.54) is 12.1 Å². The van der Waals surface area contributed by atoms with Crippen LogP contribution >= 0.6 is 0 Å². The zero-order chi connectivity index (χ0) is 18.9.